The number of allylic oxidation sites excluding steroid dienone is 1. The van der Waals surface area contributed by atoms with E-state index in [-0.39, 0.29) is 0 Å². The molecule has 0 aromatic carbocycles. The lowest BCUT2D eigenvalue weighted by Crippen LogP contribution is -1.80. The number of rotatable bonds is 3. The van der Waals surface area contributed by atoms with Crippen LogP contribution in [0.1, 0.15) is 11.1 Å². The molecule has 0 aliphatic rings. The van der Waals surface area contributed by atoms with E-state index in [1.54, 1.807) is 12.4 Å². The topological polar surface area (TPSA) is 25.8 Å². The van der Waals surface area contributed by atoms with Gasteiger partial charge in [0.15, 0.2) is 0 Å². The Balaban J connectivity index is 1.97. The molecule has 15 heavy (non-hydrogen) atoms. The fourth-order valence-corrected chi connectivity index (χ4v) is 1.32. The summed E-state index contributed by atoms with van der Waals surface area (Å²) in [5.74, 6) is 0. The zero-order valence-electron chi connectivity index (χ0n) is 8.38. The molecule has 0 spiro atoms. The van der Waals surface area contributed by atoms with Gasteiger partial charge < -0.3 is 0 Å². The number of hydrogen-bond acceptors (Lipinski definition) is 2. The maximum absolute atomic E-state index is 3.98. The second-order valence-corrected chi connectivity index (χ2v) is 3.24. The van der Waals surface area contributed by atoms with Gasteiger partial charge >= 0.3 is 0 Å². The number of hydrogen-bond donors (Lipinski definition) is 0. The Labute approximate surface area is 89.3 Å². The molecule has 74 valence electrons. The molecule has 0 aliphatic heterocycles. The summed E-state index contributed by atoms with van der Waals surface area (Å²) < 4.78 is 0. The molecule has 2 aromatic heterocycles. The van der Waals surface area contributed by atoms with Crippen LogP contribution in [-0.4, -0.2) is 9.97 Å². The van der Waals surface area contributed by atoms with Crippen LogP contribution in [0.2, 0.25) is 0 Å². The Morgan fingerprint density at radius 1 is 0.867 bits per heavy atom. The molecule has 0 amide bonds. The summed E-state index contributed by atoms with van der Waals surface area (Å²) in [4.78, 5) is 7.95. The molecule has 2 aromatic rings. The molecule has 0 saturated heterocycles. The second-order valence-electron chi connectivity index (χ2n) is 3.24. The lowest BCUT2D eigenvalue weighted by Gasteiger charge is -1.94. The van der Waals surface area contributed by atoms with Crippen LogP contribution in [0.4, 0.5) is 0 Å². The molecule has 2 nitrogen and oxygen atoms in total. The smallest absolute Gasteiger partial charge is 0.0273 e. The first-order valence-corrected chi connectivity index (χ1v) is 4.90. The van der Waals surface area contributed by atoms with Crippen LogP contribution >= 0.6 is 0 Å². The molecule has 0 fully saturated rings. The van der Waals surface area contributed by atoms with Crippen molar-refractivity contribution in [2.45, 2.75) is 6.42 Å². The molecule has 0 N–H and O–H groups in total. The Morgan fingerprint density at radius 3 is 2.13 bits per heavy atom. The molecule has 0 aliphatic carbocycles. The molecule has 2 rings (SSSR count). The third kappa shape index (κ3) is 3.02. The van der Waals surface area contributed by atoms with Gasteiger partial charge in [0.05, 0.1) is 0 Å². The highest BCUT2D eigenvalue weighted by atomic mass is 14.6. The molecule has 0 radical (unpaired) electrons. The van der Waals surface area contributed by atoms with Crippen LogP contribution in [0.15, 0.2) is 55.1 Å². The quantitative estimate of drug-likeness (QED) is 0.754. The van der Waals surface area contributed by atoms with Gasteiger partial charge in [-0.15, -0.1) is 0 Å². The SMILES string of the molecule is C(=C\c1ccncc1)/Cc1ccncc1. The second kappa shape index (κ2) is 5.05. The highest BCUT2D eigenvalue weighted by Gasteiger charge is 1.87. The molecular formula is C13H12N2. The van der Waals surface area contributed by atoms with Crippen LogP contribution in [0.3, 0.4) is 0 Å². The maximum Gasteiger partial charge on any atom is 0.0273 e. The Hall–Kier alpha value is -1.96. The van der Waals surface area contributed by atoms with Gasteiger partial charge in [0.1, 0.15) is 0 Å². The average molecular weight is 196 g/mol. The van der Waals surface area contributed by atoms with Crippen LogP contribution in [0.5, 0.6) is 0 Å². The molecule has 0 bridgehead atoms. The molecular weight excluding hydrogens is 184 g/mol. The highest BCUT2D eigenvalue weighted by Crippen LogP contribution is 2.03. The summed E-state index contributed by atoms with van der Waals surface area (Å²) in [5.41, 5.74) is 2.45. The summed E-state index contributed by atoms with van der Waals surface area (Å²) in [5, 5.41) is 0. The maximum atomic E-state index is 3.98. The first-order chi connectivity index (χ1) is 7.45. The fraction of sp³-hybridized carbons (Fsp3) is 0.0769. The van der Waals surface area contributed by atoms with Gasteiger partial charge in [0.2, 0.25) is 0 Å². The van der Waals surface area contributed by atoms with Gasteiger partial charge in [-0.25, -0.2) is 0 Å². The van der Waals surface area contributed by atoms with E-state index in [2.05, 4.69) is 22.1 Å². The number of aromatic nitrogens is 2. The third-order valence-corrected chi connectivity index (χ3v) is 2.12. The van der Waals surface area contributed by atoms with E-state index in [0.717, 1.165) is 6.42 Å². The van der Waals surface area contributed by atoms with Gasteiger partial charge in [-0.2, -0.15) is 0 Å². The van der Waals surface area contributed by atoms with Crippen molar-refractivity contribution in [3.8, 4) is 0 Å². The fourth-order valence-electron chi connectivity index (χ4n) is 1.32. The van der Waals surface area contributed by atoms with Crippen molar-refractivity contribution < 1.29 is 0 Å². The van der Waals surface area contributed by atoms with Crippen LogP contribution in [0.25, 0.3) is 6.08 Å². The minimum absolute atomic E-state index is 0.935. The van der Waals surface area contributed by atoms with E-state index in [1.807, 2.05) is 36.7 Å². The van der Waals surface area contributed by atoms with E-state index in [1.165, 1.54) is 11.1 Å². The molecule has 0 saturated carbocycles. The lowest BCUT2D eigenvalue weighted by molar-refractivity contribution is 1.22. The average Bonchev–Trinajstić information content (AvgIpc) is 2.32. The summed E-state index contributed by atoms with van der Waals surface area (Å²) >= 11 is 0. The van der Waals surface area contributed by atoms with Crippen molar-refractivity contribution in [2.75, 3.05) is 0 Å². The van der Waals surface area contributed by atoms with Crippen LogP contribution < -0.4 is 0 Å². The summed E-state index contributed by atoms with van der Waals surface area (Å²) in [6.07, 6.45) is 12.4. The zero-order valence-corrected chi connectivity index (χ0v) is 8.38. The number of nitrogens with zero attached hydrogens (tertiary/aromatic N) is 2. The van der Waals surface area contributed by atoms with Crippen molar-refractivity contribution in [1.82, 2.24) is 9.97 Å². The molecule has 2 heterocycles. The minimum atomic E-state index is 0.935. The van der Waals surface area contributed by atoms with E-state index in [4.69, 9.17) is 0 Å². The van der Waals surface area contributed by atoms with Crippen molar-refractivity contribution >= 4 is 6.08 Å². The van der Waals surface area contributed by atoms with Gasteiger partial charge in [-0.05, 0) is 41.8 Å². The number of pyridine rings is 2. The van der Waals surface area contributed by atoms with Crippen LogP contribution in [-0.2, 0) is 6.42 Å². The normalized spacial score (nSPS) is 10.7. The zero-order chi connectivity index (χ0) is 10.3. The Bertz CT molecular complexity index is 421. The largest absolute Gasteiger partial charge is 0.265 e. The van der Waals surface area contributed by atoms with Gasteiger partial charge in [-0.3, -0.25) is 9.97 Å². The van der Waals surface area contributed by atoms with E-state index >= 15 is 0 Å². The molecule has 0 unspecified atom stereocenters. The van der Waals surface area contributed by atoms with Gasteiger partial charge in [0, 0.05) is 24.8 Å². The molecule has 0 atom stereocenters. The molecule has 2 heteroatoms. The van der Waals surface area contributed by atoms with Gasteiger partial charge in [-0.1, -0.05) is 12.2 Å². The van der Waals surface area contributed by atoms with E-state index < -0.39 is 0 Å². The lowest BCUT2D eigenvalue weighted by atomic mass is 10.1. The Morgan fingerprint density at radius 2 is 1.47 bits per heavy atom. The van der Waals surface area contributed by atoms with Crippen molar-refractivity contribution in [3.63, 3.8) is 0 Å². The third-order valence-electron chi connectivity index (χ3n) is 2.12. The van der Waals surface area contributed by atoms with E-state index in [9.17, 15) is 0 Å². The van der Waals surface area contributed by atoms with Crippen LogP contribution in [0, 0.1) is 0 Å². The highest BCUT2D eigenvalue weighted by molar-refractivity contribution is 5.48. The van der Waals surface area contributed by atoms with Gasteiger partial charge in [0.25, 0.3) is 0 Å². The standard InChI is InChI=1S/C13H12N2/c1(2-12-4-8-14-9-5-12)3-13-6-10-15-11-7-13/h1-2,4-11H,3H2/b2-1+. The first-order valence-electron chi connectivity index (χ1n) is 4.90. The predicted molar refractivity (Wildman–Crippen MR) is 61.2 cm³/mol. The van der Waals surface area contributed by atoms with Crippen molar-refractivity contribution in [1.29, 1.82) is 0 Å². The van der Waals surface area contributed by atoms with Crippen molar-refractivity contribution in [2.24, 2.45) is 0 Å². The predicted octanol–water partition coefficient (Wildman–Crippen LogP) is 2.73. The van der Waals surface area contributed by atoms with E-state index in [0.29, 0.717) is 0 Å². The first kappa shape index (κ1) is 9.59. The summed E-state index contributed by atoms with van der Waals surface area (Å²) in [7, 11) is 0. The van der Waals surface area contributed by atoms with Crippen molar-refractivity contribution in [3.05, 3.63) is 66.3 Å². The monoisotopic (exact) mass is 196 g/mol. The minimum Gasteiger partial charge on any atom is -0.265 e. The Kier molecular flexibility index (Phi) is 3.23. The summed E-state index contributed by atoms with van der Waals surface area (Å²) in [6.45, 7) is 0. The summed E-state index contributed by atoms with van der Waals surface area (Å²) in [6, 6.07) is 8.03.